The molecule has 1 rings (SSSR count). The van der Waals surface area contributed by atoms with Crippen molar-refractivity contribution in [1.82, 2.24) is 10.2 Å². The van der Waals surface area contributed by atoms with Crippen LogP contribution in [0.4, 0.5) is 0 Å². The third-order valence-electron chi connectivity index (χ3n) is 2.98. The Morgan fingerprint density at radius 2 is 2.06 bits per heavy atom. The van der Waals surface area contributed by atoms with Gasteiger partial charge in [0.15, 0.2) is 0 Å². The lowest BCUT2D eigenvalue weighted by Crippen LogP contribution is -2.45. The fourth-order valence-corrected chi connectivity index (χ4v) is 1.92. The van der Waals surface area contributed by atoms with E-state index in [0.29, 0.717) is 12.7 Å². The predicted octanol–water partition coefficient (Wildman–Crippen LogP) is 0.722. The van der Waals surface area contributed by atoms with Crippen LogP contribution in [0.3, 0.4) is 0 Å². The summed E-state index contributed by atoms with van der Waals surface area (Å²) in [6.45, 7) is 13.0. The number of nitrogens with zero attached hydrogens (tertiary/aromatic N) is 1. The van der Waals surface area contributed by atoms with Crippen LogP contribution >= 0.6 is 0 Å². The predicted molar refractivity (Wildman–Crippen MR) is 65.8 cm³/mol. The zero-order valence-electron chi connectivity index (χ0n) is 10.9. The summed E-state index contributed by atoms with van der Waals surface area (Å²) in [5, 5.41) is 3.34. The Kier molecular flexibility index (Phi) is 6.96. The van der Waals surface area contributed by atoms with Gasteiger partial charge in [-0.15, -0.1) is 0 Å². The topological polar surface area (TPSA) is 33.7 Å². The molecule has 2 atom stereocenters. The molecular formula is C12H26N2O2. The molecule has 0 aromatic heterocycles. The third-order valence-corrected chi connectivity index (χ3v) is 2.98. The molecule has 1 saturated heterocycles. The van der Waals surface area contributed by atoms with Gasteiger partial charge in [-0.1, -0.05) is 13.8 Å². The lowest BCUT2D eigenvalue weighted by molar-refractivity contribution is -0.0700. The molecule has 96 valence electrons. The van der Waals surface area contributed by atoms with Gasteiger partial charge in [-0.3, -0.25) is 0 Å². The molecule has 2 unspecified atom stereocenters. The zero-order valence-corrected chi connectivity index (χ0v) is 10.9. The summed E-state index contributed by atoms with van der Waals surface area (Å²) in [6.07, 6.45) is 0.533. The molecule has 0 aromatic carbocycles. The Balaban J connectivity index is 2.02. The van der Waals surface area contributed by atoms with E-state index in [-0.39, 0.29) is 6.10 Å². The van der Waals surface area contributed by atoms with E-state index in [1.54, 1.807) is 0 Å². The highest BCUT2D eigenvalue weighted by atomic mass is 16.5. The summed E-state index contributed by atoms with van der Waals surface area (Å²) < 4.78 is 11.4. The van der Waals surface area contributed by atoms with Crippen LogP contribution in [0.25, 0.3) is 0 Å². The van der Waals surface area contributed by atoms with Crippen molar-refractivity contribution >= 4 is 0 Å². The fraction of sp³-hybridized carbons (Fsp3) is 1.00. The van der Waals surface area contributed by atoms with Crippen molar-refractivity contribution in [3.05, 3.63) is 0 Å². The molecule has 0 amide bonds. The van der Waals surface area contributed by atoms with Crippen molar-refractivity contribution in [3.8, 4) is 0 Å². The van der Waals surface area contributed by atoms with Crippen molar-refractivity contribution in [1.29, 1.82) is 0 Å². The minimum Gasteiger partial charge on any atom is -0.377 e. The Labute approximate surface area is 99.3 Å². The van der Waals surface area contributed by atoms with Crippen LogP contribution in [0.1, 0.15) is 20.8 Å². The maximum Gasteiger partial charge on any atom is 0.0936 e. The van der Waals surface area contributed by atoms with Crippen LogP contribution in [-0.4, -0.2) is 63.0 Å². The van der Waals surface area contributed by atoms with Crippen molar-refractivity contribution in [2.45, 2.75) is 33.0 Å². The fourth-order valence-electron chi connectivity index (χ4n) is 1.92. The molecule has 16 heavy (non-hydrogen) atoms. The summed E-state index contributed by atoms with van der Waals surface area (Å²) in [5.74, 6) is 0. The van der Waals surface area contributed by atoms with Crippen LogP contribution in [0, 0.1) is 0 Å². The number of hydrogen-bond donors (Lipinski definition) is 1. The van der Waals surface area contributed by atoms with Crippen molar-refractivity contribution in [2.24, 2.45) is 0 Å². The van der Waals surface area contributed by atoms with Gasteiger partial charge in [-0.25, -0.2) is 0 Å². The second-order valence-electron chi connectivity index (χ2n) is 4.33. The highest BCUT2D eigenvalue weighted by Crippen LogP contribution is 2.03. The van der Waals surface area contributed by atoms with Gasteiger partial charge >= 0.3 is 0 Å². The molecular weight excluding hydrogens is 204 g/mol. The molecule has 0 spiro atoms. The molecule has 1 fully saturated rings. The Hall–Kier alpha value is -0.160. The number of nitrogens with one attached hydrogen (secondary N) is 1. The van der Waals surface area contributed by atoms with E-state index in [2.05, 4.69) is 31.0 Å². The molecule has 0 saturated carbocycles. The van der Waals surface area contributed by atoms with Gasteiger partial charge in [0.25, 0.3) is 0 Å². The third kappa shape index (κ3) is 5.25. The highest BCUT2D eigenvalue weighted by Gasteiger charge is 2.18. The summed E-state index contributed by atoms with van der Waals surface area (Å²) in [4.78, 5) is 2.36. The van der Waals surface area contributed by atoms with Crippen molar-refractivity contribution in [3.63, 3.8) is 0 Å². The standard InChI is InChI=1S/C12H26N2O2/c1-4-14(5-2)6-7-15-10-12-9-13-8-11(3)16-12/h11-13H,4-10H2,1-3H3. The lowest BCUT2D eigenvalue weighted by atomic mass is 10.2. The summed E-state index contributed by atoms with van der Waals surface area (Å²) in [6, 6.07) is 0. The number of likely N-dealkylation sites (N-methyl/N-ethyl adjacent to an activating group) is 1. The number of morpholine rings is 1. The first-order valence-electron chi connectivity index (χ1n) is 6.42. The molecule has 0 aromatic rings. The Morgan fingerprint density at radius 1 is 1.31 bits per heavy atom. The largest absolute Gasteiger partial charge is 0.377 e. The first-order valence-corrected chi connectivity index (χ1v) is 6.42. The number of rotatable bonds is 7. The summed E-state index contributed by atoms with van der Waals surface area (Å²) >= 11 is 0. The molecule has 4 nitrogen and oxygen atoms in total. The Morgan fingerprint density at radius 3 is 2.69 bits per heavy atom. The average molecular weight is 230 g/mol. The molecule has 1 aliphatic rings. The number of ether oxygens (including phenoxy) is 2. The van der Waals surface area contributed by atoms with E-state index in [1.807, 2.05) is 0 Å². The zero-order chi connectivity index (χ0) is 11.8. The summed E-state index contributed by atoms with van der Waals surface area (Å²) in [5.41, 5.74) is 0. The smallest absolute Gasteiger partial charge is 0.0936 e. The van der Waals surface area contributed by atoms with E-state index in [0.717, 1.165) is 39.3 Å². The van der Waals surface area contributed by atoms with Crippen LogP contribution in [-0.2, 0) is 9.47 Å². The normalized spacial score (nSPS) is 26.2. The van der Waals surface area contributed by atoms with E-state index in [9.17, 15) is 0 Å². The molecule has 0 radical (unpaired) electrons. The maximum absolute atomic E-state index is 5.74. The lowest BCUT2D eigenvalue weighted by Gasteiger charge is -2.28. The van der Waals surface area contributed by atoms with Crippen LogP contribution in [0.15, 0.2) is 0 Å². The first kappa shape index (κ1) is 13.9. The first-order chi connectivity index (χ1) is 7.76. The van der Waals surface area contributed by atoms with E-state index in [1.165, 1.54) is 0 Å². The van der Waals surface area contributed by atoms with Gasteiger partial charge < -0.3 is 19.7 Å². The Bertz CT molecular complexity index is 174. The monoisotopic (exact) mass is 230 g/mol. The molecule has 1 aliphatic heterocycles. The minimum atomic E-state index is 0.223. The molecule has 0 bridgehead atoms. The van der Waals surface area contributed by atoms with Gasteiger partial charge in [-0.05, 0) is 20.0 Å². The number of hydrogen-bond acceptors (Lipinski definition) is 4. The van der Waals surface area contributed by atoms with Gasteiger partial charge in [0.2, 0.25) is 0 Å². The maximum atomic E-state index is 5.74. The van der Waals surface area contributed by atoms with Crippen molar-refractivity contribution in [2.75, 3.05) is 45.9 Å². The van der Waals surface area contributed by atoms with Gasteiger partial charge in [-0.2, -0.15) is 0 Å². The quantitative estimate of drug-likeness (QED) is 0.654. The minimum absolute atomic E-state index is 0.223. The molecule has 1 N–H and O–H groups in total. The highest BCUT2D eigenvalue weighted by molar-refractivity contribution is 4.71. The molecule has 1 heterocycles. The molecule has 4 heteroatoms. The van der Waals surface area contributed by atoms with Crippen LogP contribution < -0.4 is 5.32 Å². The van der Waals surface area contributed by atoms with E-state index < -0.39 is 0 Å². The van der Waals surface area contributed by atoms with Crippen LogP contribution in [0.2, 0.25) is 0 Å². The second-order valence-corrected chi connectivity index (χ2v) is 4.33. The molecule has 0 aliphatic carbocycles. The van der Waals surface area contributed by atoms with Crippen LogP contribution in [0.5, 0.6) is 0 Å². The second kappa shape index (κ2) is 8.01. The van der Waals surface area contributed by atoms with Gasteiger partial charge in [0.05, 0.1) is 25.4 Å². The van der Waals surface area contributed by atoms with Gasteiger partial charge in [0, 0.05) is 19.6 Å². The van der Waals surface area contributed by atoms with Gasteiger partial charge in [0.1, 0.15) is 0 Å². The SMILES string of the molecule is CCN(CC)CCOCC1CNCC(C)O1. The van der Waals surface area contributed by atoms with E-state index in [4.69, 9.17) is 9.47 Å². The van der Waals surface area contributed by atoms with Crippen molar-refractivity contribution < 1.29 is 9.47 Å². The average Bonchev–Trinajstić information content (AvgIpc) is 2.29. The van der Waals surface area contributed by atoms with E-state index >= 15 is 0 Å². The summed E-state index contributed by atoms with van der Waals surface area (Å²) in [7, 11) is 0.